The molecular formula is C33H26N4O7S. The number of ether oxygens (including phenoxy) is 3. The number of nitro groups is 1. The SMILES string of the molecule is CCOC(=O)C1=C(C)N=c2s/c(=C\c3cn(Cc4ccc([N+](=O)[O-])cc4)c4ccccc34)c(=O)n2[C@@H]1c1ccc2c(c1)OCO2. The summed E-state index contributed by atoms with van der Waals surface area (Å²) in [5, 5.41) is 12.0. The van der Waals surface area contributed by atoms with E-state index in [0.717, 1.165) is 22.0 Å². The summed E-state index contributed by atoms with van der Waals surface area (Å²) in [7, 11) is 0. The van der Waals surface area contributed by atoms with Crippen molar-refractivity contribution in [3.05, 3.63) is 131 Å². The number of nitro benzene ring substituents is 1. The van der Waals surface area contributed by atoms with Gasteiger partial charge >= 0.3 is 5.97 Å². The predicted octanol–water partition coefficient (Wildman–Crippen LogP) is 4.44. The zero-order valence-electron chi connectivity index (χ0n) is 24.3. The van der Waals surface area contributed by atoms with E-state index in [1.807, 2.05) is 42.6 Å². The topological polar surface area (TPSA) is 127 Å². The normalized spacial score (nSPS) is 15.7. The van der Waals surface area contributed by atoms with Crippen LogP contribution in [0.5, 0.6) is 11.5 Å². The standard InChI is InChI=1S/C33H26N4O7S/c1-3-42-32(39)29-19(2)34-33-36(30(29)21-10-13-26-27(14-21)44-18-43-26)31(38)28(45-33)15-22-17-35(25-7-5-4-6-24(22)25)16-20-8-11-23(12-9-20)37(40)41/h4-15,17,30H,3,16,18H2,1-2H3/b28-15-/t30-/m1/s1. The van der Waals surface area contributed by atoms with Gasteiger partial charge in [0, 0.05) is 41.3 Å². The first-order valence-electron chi connectivity index (χ1n) is 14.2. The lowest BCUT2D eigenvalue weighted by atomic mass is 9.95. The summed E-state index contributed by atoms with van der Waals surface area (Å²) in [5.74, 6) is 0.591. The van der Waals surface area contributed by atoms with E-state index in [1.54, 1.807) is 42.7 Å². The van der Waals surface area contributed by atoms with Crippen molar-refractivity contribution in [3.63, 3.8) is 0 Å². The quantitative estimate of drug-likeness (QED) is 0.149. The van der Waals surface area contributed by atoms with Gasteiger partial charge in [-0.15, -0.1) is 0 Å². The number of carbonyl (C=O) groups is 1. The number of fused-ring (bicyclic) bond motifs is 3. The number of para-hydroxylation sites is 1. The monoisotopic (exact) mass is 622 g/mol. The molecule has 0 radical (unpaired) electrons. The van der Waals surface area contributed by atoms with E-state index in [9.17, 15) is 19.7 Å². The van der Waals surface area contributed by atoms with Crippen LogP contribution >= 0.6 is 11.3 Å². The fourth-order valence-corrected chi connectivity index (χ4v) is 6.81. The van der Waals surface area contributed by atoms with Crippen molar-refractivity contribution < 1.29 is 23.9 Å². The predicted molar refractivity (Wildman–Crippen MR) is 167 cm³/mol. The Morgan fingerprint density at radius 1 is 1.13 bits per heavy atom. The van der Waals surface area contributed by atoms with E-state index >= 15 is 0 Å². The second kappa shape index (κ2) is 11.2. The van der Waals surface area contributed by atoms with E-state index in [1.165, 1.54) is 23.5 Å². The Morgan fingerprint density at radius 3 is 2.69 bits per heavy atom. The first-order chi connectivity index (χ1) is 21.8. The molecule has 12 heteroatoms. The van der Waals surface area contributed by atoms with Crippen LogP contribution in [-0.2, 0) is 16.1 Å². The van der Waals surface area contributed by atoms with E-state index < -0.39 is 16.9 Å². The van der Waals surface area contributed by atoms with Crippen LogP contribution < -0.4 is 24.4 Å². The molecular weight excluding hydrogens is 596 g/mol. The Bertz CT molecular complexity index is 2230. The Balaban J connectivity index is 1.35. The lowest BCUT2D eigenvalue weighted by molar-refractivity contribution is -0.384. The minimum Gasteiger partial charge on any atom is -0.463 e. The van der Waals surface area contributed by atoms with Gasteiger partial charge in [0.05, 0.1) is 33.4 Å². The van der Waals surface area contributed by atoms with E-state index in [-0.39, 0.29) is 30.2 Å². The van der Waals surface area contributed by atoms with Gasteiger partial charge in [0.2, 0.25) is 6.79 Å². The average Bonchev–Trinajstić information content (AvgIpc) is 3.73. The maximum absolute atomic E-state index is 14.2. The summed E-state index contributed by atoms with van der Waals surface area (Å²) in [5.41, 5.74) is 3.86. The van der Waals surface area contributed by atoms with Gasteiger partial charge in [-0.05, 0) is 49.2 Å². The number of rotatable bonds is 7. The van der Waals surface area contributed by atoms with Crippen LogP contribution in [0.4, 0.5) is 5.69 Å². The first-order valence-corrected chi connectivity index (χ1v) is 15.0. The molecule has 5 aromatic rings. The van der Waals surface area contributed by atoms with Gasteiger partial charge in [-0.3, -0.25) is 19.5 Å². The molecule has 0 unspecified atom stereocenters. The number of benzene rings is 3. The minimum atomic E-state index is -0.777. The Kier molecular flexibility index (Phi) is 7.05. The highest BCUT2D eigenvalue weighted by atomic mass is 32.1. The van der Waals surface area contributed by atoms with Crippen molar-refractivity contribution in [3.8, 4) is 11.5 Å². The number of non-ortho nitro benzene ring substituents is 1. The van der Waals surface area contributed by atoms with E-state index in [4.69, 9.17) is 14.2 Å². The third-order valence-electron chi connectivity index (χ3n) is 7.84. The second-order valence-electron chi connectivity index (χ2n) is 10.6. The fourth-order valence-electron chi connectivity index (χ4n) is 5.77. The Morgan fingerprint density at radius 2 is 1.91 bits per heavy atom. The molecule has 0 spiro atoms. The average molecular weight is 623 g/mol. The van der Waals surface area contributed by atoms with Crippen LogP contribution in [-0.4, -0.2) is 33.4 Å². The number of hydrogen-bond acceptors (Lipinski definition) is 9. The van der Waals surface area contributed by atoms with Crippen molar-refractivity contribution in [1.29, 1.82) is 0 Å². The van der Waals surface area contributed by atoms with E-state index in [0.29, 0.717) is 38.6 Å². The maximum atomic E-state index is 14.2. The number of aromatic nitrogens is 2. The number of nitrogens with zero attached hydrogens (tertiary/aromatic N) is 4. The van der Waals surface area contributed by atoms with Crippen molar-refractivity contribution in [1.82, 2.24) is 9.13 Å². The van der Waals surface area contributed by atoms with Gasteiger partial charge in [0.1, 0.15) is 0 Å². The third-order valence-corrected chi connectivity index (χ3v) is 8.82. The molecule has 2 aliphatic rings. The number of hydrogen-bond donors (Lipinski definition) is 0. The summed E-state index contributed by atoms with van der Waals surface area (Å²) < 4.78 is 20.5. The molecule has 4 heterocycles. The van der Waals surface area contributed by atoms with Gasteiger partial charge in [0.15, 0.2) is 16.3 Å². The highest BCUT2D eigenvalue weighted by Crippen LogP contribution is 2.38. The number of esters is 1. The van der Waals surface area contributed by atoms with Crippen LogP contribution in [0.15, 0.2) is 94.0 Å². The Labute approximate surface area is 259 Å². The maximum Gasteiger partial charge on any atom is 0.338 e. The highest BCUT2D eigenvalue weighted by molar-refractivity contribution is 7.07. The lowest BCUT2D eigenvalue weighted by Crippen LogP contribution is -2.39. The molecule has 0 aliphatic carbocycles. The van der Waals surface area contributed by atoms with Crippen LogP contribution in [0, 0.1) is 10.1 Å². The van der Waals surface area contributed by atoms with Crippen molar-refractivity contribution >= 4 is 40.0 Å². The number of allylic oxidation sites excluding steroid dienone is 1. The molecule has 0 fully saturated rings. The zero-order valence-corrected chi connectivity index (χ0v) is 25.1. The molecule has 2 aromatic heterocycles. The summed E-state index contributed by atoms with van der Waals surface area (Å²) in [4.78, 5) is 43.2. The number of thiazole rings is 1. The smallest absolute Gasteiger partial charge is 0.338 e. The molecule has 3 aromatic carbocycles. The summed E-state index contributed by atoms with van der Waals surface area (Å²) >= 11 is 1.25. The number of carbonyl (C=O) groups excluding carboxylic acids is 1. The molecule has 0 bridgehead atoms. The molecule has 226 valence electrons. The van der Waals surface area contributed by atoms with Gasteiger partial charge in [-0.1, -0.05) is 47.7 Å². The van der Waals surface area contributed by atoms with Crippen LogP contribution in [0.1, 0.15) is 36.6 Å². The molecule has 0 N–H and O–H groups in total. The summed E-state index contributed by atoms with van der Waals surface area (Å²) in [6, 6.07) is 18.9. The molecule has 0 amide bonds. The van der Waals surface area contributed by atoms with Crippen molar-refractivity contribution in [2.75, 3.05) is 13.4 Å². The molecule has 0 saturated carbocycles. The molecule has 45 heavy (non-hydrogen) atoms. The molecule has 11 nitrogen and oxygen atoms in total. The first kappa shape index (κ1) is 28.3. The minimum absolute atomic E-state index is 0.0348. The van der Waals surface area contributed by atoms with Crippen LogP contribution in [0.3, 0.4) is 0 Å². The molecule has 7 rings (SSSR count). The van der Waals surface area contributed by atoms with Gasteiger partial charge in [-0.2, -0.15) is 0 Å². The largest absolute Gasteiger partial charge is 0.463 e. The summed E-state index contributed by atoms with van der Waals surface area (Å²) in [6.45, 7) is 4.24. The third kappa shape index (κ3) is 4.98. The highest BCUT2D eigenvalue weighted by Gasteiger charge is 2.34. The molecule has 0 saturated heterocycles. The van der Waals surface area contributed by atoms with Crippen LogP contribution in [0.25, 0.3) is 17.0 Å². The fraction of sp³-hybridized carbons (Fsp3) is 0.182. The van der Waals surface area contributed by atoms with Gasteiger partial charge < -0.3 is 18.8 Å². The zero-order chi connectivity index (χ0) is 31.2. The van der Waals surface area contributed by atoms with E-state index in [2.05, 4.69) is 9.56 Å². The molecule has 1 atom stereocenters. The second-order valence-corrected chi connectivity index (χ2v) is 11.6. The molecule has 2 aliphatic heterocycles. The van der Waals surface area contributed by atoms with Gasteiger partial charge in [-0.25, -0.2) is 9.79 Å². The van der Waals surface area contributed by atoms with Crippen molar-refractivity contribution in [2.45, 2.75) is 26.4 Å². The lowest BCUT2D eigenvalue weighted by Gasteiger charge is -2.24. The summed E-state index contributed by atoms with van der Waals surface area (Å²) in [6.07, 6.45) is 3.81. The van der Waals surface area contributed by atoms with Crippen molar-refractivity contribution in [2.24, 2.45) is 4.99 Å². The van der Waals surface area contributed by atoms with Gasteiger partial charge in [0.25, 0.3) is 11.2 Å². The Hall–Kier alpha value is -5.49. The van der Waals surface area contributed by atoms with Crippen LogP contribution in [0.2, 0.25) is 0 Å².